The minimum Gasteiger partial charge on any atom is -0.478 e. The zero-order valence-corrected chi connectivity index (χ0v) is 13.2. The van der Waals surface area contributed by atoms with E-state index in [0.717, 1.165) is 12.1 Å². The van der Waals surface area contributed by atoms with Gasteiger partial charge in [-0.2, -0.15) is 0 Å². The summed E-state index contributed by atoms with van der Waals surface area (Å²) in [5, 5.41) is 9.32. The fourth-order valence-corrected chi connectivity index (χ4v) is 2.14. The van der Waals surface area contributed by atoms with Gasteiger partial charge in [0, 0.05) is 18.3 Å². The molecule has 1 aromatic rings. The molecule has 0 unspecified atom stereocenters. The van der Waals surface area contributed by atoms with Crippen LogP contribution in [-0.4, -0.2) is 30.2 Å². The third-order valence-corrected chi connectivity index (χ3v) is 3.17. The third-order valence-electron chi connectivity index (χ3n) is 3.17. The number of carboxylic acids is 1. The number of carboxylic acid groups (broad SMARTS) is 1. The van der Waals surface area contributed by atoms with Gasteiger partial charge in [-0.25, -0.2) is 18.4 Å². The number of anilines is 1. The van der Waals surface area contributed by atoms with E-state index in [1.54, 1.807) is 20.8 Å². The van der Waals surface area contributed by atoms with E-state index in [1.807, 2.05) is 0 Å². The topological polar surface area (TPSA) is 66.8 Å². The Bertz CT molecular complexity index is 629. The number of carbonyl (C=O) groups is 2. The molecule has 0 bridgehead atoms. The Labute approximate surface area is 133 Å². The molecular formula is C16H19F2NO4. The average Bonchev–Trinajstić information content (AvgIpc) is 2.50. The molecule has 0 saturated heterocycles. The van der Waals surface area contributed by atoms with Gasteiger partial charge in [0.1, 0.15) is 5.70 Å². The van der Waals surface area contributed by atoms with Crippen molar-refractivity contribution in [2.24, 2.45) is 0 Å². The first-order valence-electron chi connectivity index (χ1n) is 7.23. The van der Waals surface area contributed by atoms with Gasteiger partial charge < -0.3 is 14.7 Å². The highest BCUT2D eigenvalue weighted by Gasteiger charge is 2.27. The summed E-state index contributed by atoms with van der Waals surface area (Å²) < 4.78 is 31.5. The summed E-state index contributed by atoms with van der Waals surface area (Å²) in [6, 6.07) is 3.10. The Morgan fingerprint density at radius 3 is 2.26 bits per heavy atom. The molecular weight excluding hydrogens is 308 g/mol. The number of hydrogen-bond acceptors (Lipinski definition) is 4. The van der Waals surface area contributed by atoms with Gasteiger partial charge in [-0.15, -0.1) is 0 Å². The van der Waals surface area contributed by atoms with Crippen LogP contribution in [0, 0.1) is 11.6 Å². The molecule has 0 heterocycles. The molecule has 0 aromatic heterocycles. The summed E-state index contributed by atoms with van der Waals surface area (Å²) in [6.45, 7) is 5.08. The van der Waals surface area contributed by atoms with Crippen LogP contribution in [0.4, 0.5) is 14.5 Å². The van der Waals surface area contributed by atoms with Crippen LogP contribution in [0.5, 0.6) is 0 Å². The maximum absolute atomic E-state index is 13.5. The van der Waals surface area contributed by atoms with Gasteiger partial charge in [-0.3, -0.25) is 0 Å². The van der Waals surface area contributed by atoms with Crippen molar-refractivity contribution in [3.8, 4) is 0 Å². The summed E-state index contributed by atoms with van der Waals surface area (Å²) in [5.74, 6) is -4.20. The van der Waals surface area contributed by atoms with Crippen LogP contribution in [0.3, 0.4) is 0 Å². The summed E-state index contributed by atoms with van der Waals surface area (Å²) in [5.41, 5.74) is -0.174. The second kappa shape index (κ2) is 8.26. The van der Waals surface area contributed by atoms with Gasteiger partial charge in [0.05, 0.1) is 12.2 Å². The number of ether oxygens (including phenoxy) is 1. The minimum atomic E-state index is -1.27. The van der Waals surface area contributed by atoms with Gasteiger partial charge in [-0.1, -0.05) is 6.92 Å². The maximum Gasteiger partial charge on any atom is 0.355 e. The molecule has 0 aliphatic heterocycles. The molecule has 0 atom stereocenters. The van der Waals surface area contributed by atoms with Crippen LogP contribution >= 0.6 is 0 Å². The SMILES string of the molecule is CCOC(=O)C(=C(CC)C(=O)O)N(CC)c1ccc(F)c(F)c1. The lowest BCUT2D eigenvalue weighted by molar-refractivity contribution is -0.140. The van der Waals surface area contributed by atoms with Crippen LogP contribution in [0.1, 0.15) is 27.2 Å². The Balaban J connectivity index is 3.50. The van der Waals surface area contributed by atoms with E-state index >= 15 is 0 Å². The minimum absolute atomic E-state index is 0.0638. The van der Waals surface area contributed by atoms with Crippen LogP contribution in [-0.2, 0) is 14.3 Å². The number of rotatable bonds is 7. The Hall–Kier alpha value is -2.44. The first-order chi connectivity index (χ1) is 10.9. The van der Waals surface area contributed by atoms with E-state index in [2.05, 4.69) is 0 Å². The molecule has 5 nitrogen and oxygen atoms in total. The van der Waals surface area contributed by atoms with Gasteiger partial charge in [0.2, 0.25) is 0 Å². The quantitative estimate of drug-likeness (QED) is 0.616. The zero-order chi connectivity index (χ0) is 17.6. The van der Waals surface area contributed by atoms with Gasteiger partial charge >= 0.3 is 11.9 Å². The zero-order valence-electron chi connectivity index (χ0n) is 13.2. The second-order valence-corrected chi connectivity index (χ2v) is 4.55. The molecule has 0 saturated carbocycles. The van der Waals surface area contributed by atoms with Crippen LogP contribution < -0.4 is 4.90 Å². The van der Waals surface area contributed by atoms with E-state index in [0.29, 0.717) is 0 Å². The molecule has 0 radical (unpaired) electrons. The molecule has 0 amide bonds. The van der Waals surface area contributed by atoms with E-state index in [1.165, 1.54) is 11.0 Å². The van der Waals surface area contributed by atoms with Crippen molar-refractivity contribution in [1.29, 1.82) is 0 Å². The van der Waals surface area contributed by atoms with Gasteiger partial charge in [0.25, 0.3) is 0 Å². The first-order valence-corrected chi connectivity index (χ1v) is 7.23. The van der Waals surface area contributed by atoms with Crippen LogP contribution in [0.2, 0.25) is 0 Å². The molecule has 23 heavy (non-hydrogen) atoms. The number of esters is 1. The van der Waals surface area contributed by atoms with E-state index in [-0.39, 0.29) is 36.5 Å². The fraction of sp³-hybridized carbons (Fsp3) is 0.375. The smallest absolute Gasteiger partial charge is 0.355 e. The van der Waals surface area contributed by atoms with Crippen LogP contribution in [0.25, 0.3) is 0 Å². The molecule has 1 aromatic carbocycles. The largest absolute Gasteiger partial charge is 0.478 e. The van der Waals surface area contributed by atoms with Crippen molar-refractivity contribution < 1.29 is 28.2 Å². The Kier molecular flexibility index (Phi) is 6.68. The van der Waals surface area contributed by atoms with E-state index in [4.69, 9.17) is 4.74 Å². The van der Waals surface area contributed by atoms with Crippen molar-refractivity contribution in [3.63, 3.8) is 0 Å². The standard InChI is InChI=1S/C16H19F2NO4/c1-4-11(15(20)21)14(16(22)23-6-3)19(5-2)10-7-8-12(17)13(18)9-10/h7-9H,4-6H2,1-3H3,(H,20,21). The number of halogens is 2. The lowest BCUT2D eigenvalue weighted by Gasteiger charge is -2.26. The summed E-state index contributed by atoms with van der Waals surface area (Å²) in [4.78, 5) is 24.9. The lowest BCUT2D eigenvalue weighted by Crippen LogP contribution is -2.31. The predicted molar refractivity (Wildman–Crippen MR) is 81.0 cm³/mol. The normalized spacial score (nSPS) is 11.7. The van der Waals surface area contributed by atoms with Gasteiger partial charge in [0.15, 0.2) is 11.6 Å². The van der Waals surface area contributed by atoms with Crippen molar-refractivity contribution in [3.05, 3.63) is 41.1 Å². The van der Waals surface area contributed by atoms with Crippen molar-refractivity contribution in [2.45, 2.75) is 27.2 Å². The molecule has 7 heteroatoms. The highest BCUT2D eigenvalue weighted by Crippen LogP contribution is 2.25. The first kappa shape index (κ1) is 18.6. The highest BCUT2D eigenvalue weighted by molar-refractivity contribution is 6.02. The molecule has 0 spiro atoms. The van der Waals surface area contributed by atoms with E-state index in [9.17, 15) is 23.5 Å². The lowest BCUT2D eigenvalue weighted by atomic mass is 10.1. The highest BCUT2D eigenvalue weighted by atomic mass is 19.2. The maximum atomic E-state index is 13.5. The Morgan fingerprint density at radius 1 is 1.17 bits per heavy atom. The summed E-state index contributed by atoms with van der Waals surface area (Å²) >= 11 is 0. The van der Waals surface area contributed by atoms with Crippen molar-refractivity contribution in [2.75, 3.05) is 18.1 Å². The second-order valence-electron chi connectivity index (χ2n) is 4.55. The summed E-state index contributed by atoms with van der Waals surface area (Å²) in [7, 11) is 0. The third kappa shape index (κ3) is 4.28. The van der Waals surface area contributed by atoms with Crippen LogP contribution in [0.15, 0.2) is 29.5 Å². The number of aliphatic carboxylic acids is 1. The molecule has 0 fully saturated rings. The number of nitrogens with zero attached hydrogens (tertiary/aromatic N) is 1. The molecule has 1 rings (SSSR count). The van der Waals surface area contributed by atoms with E-state index < -0.39 is 23.6 Å². The number of carbonyl (C=O) groups excluding carboxylic acids is 1. The summed E-state index contributed by atoms with van der Waals surface area (Å²) in [6.07, 6.45) is 0.0731. The predicted octanol–water partition coefficient (Wildman–Crippen LogP) is 3.10. The Morgan fingerprint density at radius 2 is 1.83 bits per heavy atom. The average molecular weight is 327 g/mol. The molecule has 1 N–H and O–H groups in total. The monoisotopic (exact) mass is 327 g/mol. The fourth-order valence-electron chi connectivity index (χ4n) is 2.14. The van der Waals surface area contributed by atoms with Crippen molar-refractivity contribution >= 4 is 17.6 Å². The number of hydrogen-bond donors (Lipinski definition) is 1. The molecule has 0 aliphatic rings. The number of likely N-dealkylation sites (N-methyl/N-ethyl adjacent to an activating group) is 1. The molecule has 0 aliphatic carbocycles. The number of benzene rings is 1. The van der Waals surface area contributed by atoms with Crippen molar-refractivity contribution in [1.82, 2.24) is 0 Å². The molecule has 126 valence electrons. The van der Waals surface area contributed by atoms with Gasteiger partial charge in [-0.05, 0) is 32.4 Å².